The van der Waals surface area contributed by atoms with E-state index in [0.717, 1.165) is 60.2 Å². The lowest BCUT2D eigenvalue weighted by atomic mass is 10.2. The second-order valence-electron chi connectivity index (χ2n) is 6.20. The number of fused-ring (bicyclic) bond motifs is 1. The summed E-state index contributed by atoms with van der Waals surface area (Å²) in [7, 11) is 1.90. The van der Waals surface area contributed by atoms with E-state index < -0.39 is 0 Å². The fourth-order valence-corrected chi connectivity index (χ4v) is 3.68. The second kappa shape index (κ2) is 6.78. The predicted octanol–water partition coefficient (Wildman–Crippen LogP) is 2.99. The minimum atomic E-state index is 0.669. The minimum absolute atomic E-state index is 0.669. The van der Waals surface area contributed by atoms with Gasteiger partial charge in [-0.05, 0) is 17.7 Å². The van der Waals surface area contributed by atoms with Crippen molar-refractivity contribution < 1.29 is 0 Å². The van der Waals surface area contributed by atoms with Crippen molar-refractivity contribution >= 4 is 40.1 Å². The van der Waals surface area contributed by atoms with Gasteiger partial charge in [-0.25, -0.2) is 9.97 Å². The highest BCUT2D eigenvalue weighted by atomic mass is 35.5. The molecule has 8 heteroatoms. The number of piperazine rings is 1. The van der Waals surface area contributed by atoms with Crippen molar-refractivity contribution in [3.05, 3.63) is 46.3 Å². The molecule has 0 aliphatic carbocycles. The zero-order valence-electron chi connectivity index (χ0n) is 13.9. The zero-order valence-corrected chi connectivity index (χ0v) is 15.4. The van der Waals surface area contributed by atoms with Crippen LogP contribution in [0.5, 0.6) is 0 Å². The predicted molar refractivity (Wildman–Crippen MR) is 100 cm³/mol. The number of anilines is 1. The van der Waals surface area contributed by atoms with Crippen LogP contribution in [-0.4, -0.2) is 50.8 Å². The van der Waals surface area contributed by atoms with Crippen molar-refractivity contribution in [1.82, 2.24) is 24.6 Å². The van der Waals surface area contributed by atoms with Crippen LogP contribution >= 0.6 is 23.2 Å². The Bertz CT molecular complexity index is 901. The second-order valence-corrected chi connectivity index (χ2v) is 7.05. The molecule has 2 aromatic heterocycles. The van der Waals surface area contributed by atoms with Gasteiger partial charge in [0.05, 0.1) is 11.6 Å². The van der Waals surface area contributed by atoms with E-state index in [1.165, 1.54) is 0 Å². The number of hydrogen-bond acceptors (Lipinski definition) is 5. The van der Waals surface area contributed by atoms with E-state index >= 15 is 0 Å². The summed E-state index contributed by atoms with van der Waals surface area (Å²) in [5.41, 5.74) is 1.97. The summed E-state index contributed by atoms with van der Waals surface area (Å²) in [6, 6.07) is 5.69. The largest absolute Gasteiger partial charge is 0.353 e. The number of aromatic nitrogens is 4. The van der Waals surface area contributed by atoms with E-state index in [4.69, 9.17) is 23.2 Å². The average molecular weight is 377 g/mol. The summed E-state index contributed by atoms with van der Waals surface area (Å²) in [6.07, 6.45) is 3.45. The molecule has 0 unspecified atom stereocenters. The Labute approximate surface area is 156 Å². The molecular formula is C17H18Cl2N6. The Hall–Kier alpha value is -1.89. The van der Waals surface area contributed by atoms with Gasteiger partial charge in [-0.3, -0.25) is 9.58 Å². The van der Waals surface area contributed by atoms with Gasteiger partial charge in [0.2, 0.25) is 0 Å². The number of rotatable bonds is 3. The fraction of sp³-hybridized carbons (Fsp3) is 0.353. The molecule has 3 aromatic rings. The molecule has 1 fully saturated rings. The molecule has 1 aromatic carbocycles. The standard InChI is InChI=1S/C17H18Cl2N6/c1-23-16-14(9-22-23)17(21-11-20-16)25-6-4-24(5-7-25)10-12-2-3-13(18)8-15(12)19/h2-3,8-9,11H,4-7,10H2,1H3. The molecule has 0 atom stereocenters. The quantitative estimate of drug-likeness (QED) is 0.703. The van der Waals surface area contributed by atoms with Gasteiger partial charge in [0.25, 0.3) is 0 Å². The lowest BCUT2D eigenvalue weighted by Crippen LogP contribution is -2.46. The summed E-state index contributed by atoms with van der Waals surface area (Å²) in [5.74, 6) is 0.960. The molecule has 0 saturated carbocycles. The highest BCUT2D eigenvalue weighted by molar-refractivity contribution is 6.35. The molecular weight excluding hydrogens is 359 g/mol. The summed E-state index contributed by atoms with van der Waals surface area (Å²) in [6.45, 7) is 4.55. The van der Waals surface area contributed by atoms with E-state index in [-0.39, 0.29) is 0 Å². The lowest BCUT2D eigenvalue weighted by molar-refractivity contribution is 0.249. The van der Waals surface area contributed by atoms with Crippen LogP contribution < -0.4 is 4.90 Å². The number of benzene rings is 1. The zero-order chi connectivity index (χ0) is 17.4. The Morgan fingerprint density at radius 2 is 1.88 bits per heavy atom. The maximum Gasteiger partial charge on any atom is 0.163 e. The van der Waals surface area contributed by atoms with Gasteiger partial charge in [-0.15, -0.1) is 0 Å². The molecule has 6 nitrogen and oxygen atoms in total. The van der Waals surface area contributed by atoms with Crippen molar-refractivity contribution in [3.63, 3.8) is 0 Å². The van der Waals surface area contributed by atoms with Crippen LogP contribution in [0.15, 0.2) is 30.7 Å². The molecule has 1 aliphatic rings. The smallest absolute Gasteiger partial charge is 0.163 e. The highest BCUT2D eigenvalue weighted by Gasteiger charge is 2.21. The van der Waals surface area contributed by atoms with Gasteiger partial charge < -0.3 is 4.90 Å². The molecule has 1 saturated heterocycles. The van der Waals surface area contributed by atoms with Crippen LogP contribution in [0.3, 0.4) is 0 Å². The monoisotopic (exact) mass is 376 g/mol. The van der Waals surface area contributed by atoms with Gasteiger partial charge in [0.1, 0.15) is 12.1 Å². The van der Waals surface area contributed by atoms with Gasteiger partial charge in [0, 0.05) is 49.8 Å². The van der Waals surface area contributed by atoms with Crippen LogP contribution in [-0.2, 0) is 13.6 Å². The van der Waals surface area contributed by atoms with Crippen LogP contribution in [0.25, 0.3) is 11.0 Å². The Morgan fingerprint density at radius 1 is 1.08 bits per heavy atom. The highest BCUT2D eigenvalue weighted by Crippen LogP contribution is 2.25. The van der Waals surface area contributed by atoms with Crippen molar-refractivity contribution in [2.75, 3.05) is 31.1 Å². The van der Waals surface area contributed by atoms with Crippen LogP contribution in [0.2, 0.25) is 10.0 Å². The van der Waals surface area contributed by atoms with Crippen molar-refractivity contribution in [2.24, 2.45) is 7.05 Å². The first-order chi connectivity index (χ1) is 12.1. The summed E-state index contributed by atoms with van der Waals surface area (Å²) < 4.78 is 1.78. The Kier molecular flexibility index (Phi) is 4.50. The number of nitrogens with zero attached hydrogens (tertiary/aromatic N) is 6. The Morgan fingerprint density at radius 3 is 2.64 bits per heavy atom. The summed E-state index contributed by atoms with van der Waals surface area (Å²) in [5, 5.41) is 6.68. The maximum absolute atomic E-state index is 6.29. The number of hydrogen-bond donors (Lipinski definition) is 0. The molecule has 0 amide bonds. The molecule has 0 bridgehead atoms. The average Bonchev–Trinajstić information content (AvgIpc) is 3.00. The van der Waals surface area contributed by atoms with E-state index in [9.17, 15) is 0 Å². The summed E-state index contributed by atoms with van der Waals surface area (Å²) in [4.78, 5) is 13.5. The number of aryl methyl sites for hydroxylation is 1. The summed E-state index contributed by atoms with van der Waals surface area (Å²) >= 11 is 12.3. The van der Waals surface area contributed by atoms with Crippen molar-refractivity contribution in [3.8, 4) is 0 Å². The van der Waals surface area contributed by atoms with Gasteiger partial charge in [0.15, 0.2) is 5.65 Å². The molecule has 0 radical (unpaired) electrons. The van der Waals surface area contributed by atoms with Crippen LogP contribution in [0, 0.1) is 0 Å². The minimum Gasteiger partial charge on any atom is -0.353 e. The SMILES string of the molecule is Cn1ncc2c(N3CCN(Cc4ccc(Cl)cc4Cl)CC3)ncnc21. The van der Waals surface area contributed by atoms with Crippen molar-refractivity contribution in [1.29, 1.82) is 0 Å². The third kappa shape index (κ3) is 3.29. The topological polar surface area (TPSA) is 50.1 Å². The first-order valence-corrected chi connectivity index (χ1v) is 8.91. The molecule has 1 aliphatic heterocycles. The molecule has 0 spiro atoms. The van der Waals surface area contributed by atoms with E-state index in [2.05, 4.69) is 24.9 Å². The Balaban J connectivity index is 1.46. The maximum atomic E-state index is 6.29. The normalized spacial score (nSPS) is 15.9. The molecule has 3 heterocycles. The molecule has 130 valence electrons. The van der Waals surface area contributed by atoms with E-state index in [1.54, 1.807) is 17.1 Å². The van der Waals surface area contributed by atoms with E-state index in [0.29, 0.717) is 5.02 Å². The lowest BCUT2D eigenvalue weighted by Gasteiger charge is -2.35. The third-order valence-corrected chi connectivity index (χ3v) is 5.18. The van der Waals surface area contributed by atoms with Crippen LogP contribution in [0.1, 0.15) is 5.56 Å². The molecule has 4 rings (SSSR count). The van der Waals surface area contributed by atoms with Crippen molar-refractivity contribution in [2.45, 2.75) is 6.54 Å². The first kappa shape index (κ1) is 16.6. The van der Waals surface area contributed by atoms with Gasteiger partial charge in [-0.2, -0.15) is 5.10 Å². The number of halogens is 2. The van der Waals surface area contributed by atoms with Crippen LogP contribution in [0.4, 0.5) is 5.82 Å². The molecule has 0 N–H and O–H groups in total. The first-order valence-electron chi connectivity index (χ1n) is 8.16. The molecule has 25 heavy (non-hydrogen) atoms. The van der Waals surface area contributed by atoms with E-state index in [1.807, 2.05) is 25.4 Å². The van der Waals surface area contributed by atoms with Gasteiger partial charge in [-0.1, -0.05) is 29.3 Å². The third-order valence-electron chi connectivity index (χ3n) is 4.59. The van der Waals surface area contributed by atoms with Gasteiger partial charge >= 0.3 is 0 Å². The fourth-order valence-electron chi connectivity index (χ4n) is 3.21.